The first kappa shape index (κ1) is 15.0. The van der Waals surface area contributed by atoms with E-state index in [9.17, 15) is 8.42 Å². The second kappa shape index (κ2) is 5.95. The third-order valence-electron chi connectivity index (χ3n) is 2.94. The molecule has 0 radical (unpaired) electrons. The standard InChI is InChI=1S/C14H18N2O2S2/c1-10-7-8-14(19-10)11(2)16-20(17,18)9-12-5-3-4-6-13(12)15/h3-8,11,16H,9,15H2,1-2H3. The summed E-state index contributed by atoms with van der Waals surface area (Å²) in [7, 11) is -3.42. The van der Waals surface area contributed by atoms with E-state index in [0.717, 1.165) is 4.88 Å². The predicted molar refractivity (Wildman–Crippen MR) is 84.1 cm³/mol. The quantitative estimate of drug-likeness (QED) is 0.834. The second-order valence-electron chi connectivity index (χ2n) is 4.75. The van der Waals surface area contributed by atoms with Gasteiger partial charge in [0.1, 0.15) is 0 Å². The van der Waals surface area contributed by atoms with Crippen molar-refractivity contribution in [2.24, 2.45) is 0 Å². The molecule has 4 nitrogen and oxygen atoms in total. The van der Waals surface area contributed by atoms with Crippen LogP contribution in [0.2, 0.25) is 0 Å². The van der Waals surface area contributed by atoms with Crippen LogP contribution in [0.15, 0.2) is 36.4 Å². The van der Waals surface area contributed by atoms with E-state index < -0.39 is 10.0 Å². The number of para-hydroxylation sites is 1. The number of aryl methyl sites for hydroxylation is 1. The minimum atomic E-state index is -3.42. The average molecular weight is 310 g/mol. The topological polar surface area (TPSA) is 72.2 Å². The van der Waals surface area contributed by atoms with Gasteiger partial charge in [-0.1, -0.05) is 18.2 Å². The van der Waals surface area contributed by atoms with Gasteiger partial charge in [-0.25, -0.2) is 13.1 Å². The predicted octanol–water partition coefficient (Wildman–Crippen LogP) is 2.82. The van der Waals surface area contributed by atoms with Crippen LogP contribution in [0.4, 0.5) is 5.69 Å². The Morgan fingerprint density at radius 2 is 1.95 bits per heavy atom. The van der Waals surface area contributed by atoms with Gasteiger partial charge in [0.15, 0.2) is 0 Å². The monoisotopic (exact) mass is 310 g/mol. The molecular weight excluding hydrogens is 292 g/mol. The van der Waals surface area contributed by atoms with Crippen LogP contribution in [0.1, 0.15) is 28.3 Å². The van der Waals surface area contributed by atoms with E-state index in [2.05, 4.69) is 4.72 Å². The van der Waals surface area contributed by atoms with Gasteiger partial charge in [0.2, 0.25) is 10.0 Å². The number of nitrogens with two attached hydrogens (primary N) is 1. The highest BCUT2D eigenvalue weighted by molar-refractivity contribution is 7.88. The first-order valence-electron chi connectivity index (χ1n) is 6.27. The fourth-order valence-electron chi connectivity index (χ4n) is 1.93. The van der Waals surface area contributed by atoms with Crippen LogP contribution < -0.4 is 10.5 Å². The van der Waals surface area contributed by atoms with Crippen molar-refractivity contribution in [1.29, 1.82) is 0 Å². The van der Waals surface area contributed by atoms with Gasteiger partial charge in [-0.15, -0.1) is 11.3 Å². The third kappa shape index (κ3) is 3.82. The third-order valence-corrected chi connectivity index (χ3v) is 5.53. The highest BCUT2D eigenvalue weighted by atomic mass is 32.2. The molecule has 0 amide bonds. The summed E-state index contributed by atoms with van der Waals surface area (Å²) in [5.41, 5.74) is 6.90. The number of anilines is 1. The lowest BCUT2D eigenvalue weighted by molar-refractivity contribution is 0.567. The van der Waals surface area contributed by atoms with E-state index in [0.29, 0.717) is 11.3 Å². The van der Waals surface area contributed by atoms with Crippen LogP contribution >= 0.6 is 11.3 Å². The molecule has 2 aromatic rings. The maximum atomic E-state index is 12.2. The van der Waals surface area contributed by atoms with Gasteiger partial charge < -0.3 is 5.73 Å². The molecule has 0 aliphatic carbocycles. The molecule has 0 aliphatic heterocycles. The molecular formula is C14H18N2O2S2. The van der Waals surface area contributed by atoms with Crippen molar-refractivity contribution in [1.82, 2.24) is 4.72 Å². The van der Waals surface area contributed by atoms with Crippen LogP contribution in [-0.4, -0.2) is 8.42 Å². The minimum Gasteiger partial charge on any atom is -0.398 e. The van der Waals surface area contributed by atoms with E-state index in [1.54, 1.807) is 35.6 Å². The Morgan fingerprint density at radius 3 is 2.55 bits per heavy atom. The fourth-order valence-corrected chi connectivity index (χ4v) is 4.30. The zero-order valence-corrected chi connectivity index (χ0v) is 13.1. The minimum absolute atomic E-state index is 0.103. The highest BCUT2D eigenvalue weighted by Crippen LogP contribution is 2.23. The lowest BCUT2D eigenvalue weighted by atomic mass is 10.2. The molecule has 20 heavy (non-hydrogen) atoms. The number of sulfonamides is 1. The average Bonchev–Trinajstić information content (AvgIpc) is 2.78. The molecule has 0 bridgehead atoms. The SMILES string of the molecule is Cc1ccc(C(C)NS(=O)(=O)Cc2ccccc2N)s1. The number of benzene rings is 1. The summed E-state index contributed by atoms with van der Waals surface area (Å²) in [5.74, 6) is -0.103. The molecule has 1 aromatic heterocycles. The molecule has 1 aromatic carbocycles. The maximum absolute atomic E-state index is 12.2. The molecule has 0 saturated heterocycles. The normalized spacial score (nSPS) is 13.3. The molecule has 6 heteroatoms. The number of rotatable bonds is 5. The smallest absolute Gasteiger partial charge is 0.216 e. The van der Waals surface area contributed by atoms with Crippen LogP contribution in [0.3, 0.4) is 0 Å². The Labute approximate surface area is 123 Å². The van der Waals surface area contributed by atoms with Gasteiger partial charge in [0, 0.05) is 15.4 Å². The molecule has 2 rings (SSSR count). The van der Waals surface area contributed by atoms with Gasteiger partial charge in [-0.2, -0.15) is 0 Å². The number of thiophene rings is 1. The Hall–Kier alpha value is -1.37. The largest absolute Gasteiger partial charge is 0.398 e. The summed E-state index contributed by atoms with van der Waals surface area (Å²) in [6.45, 7) is 3.84. The fraction of sp³-hybridized carbons (Fsp3) is 0.286. The molecule has 0 fully saturated rings. The first-order chi connectivity index (χ1) is 9.37. The second-order valence-corrected chi connectivity index (χ2v) is 7.82. The number of hydrogen-bond donors (Lipinski definition) is 2. The van der Waals surface area contributed by atoms with Crippen LogP contribution in [0, 0.1) is 6.92 Å². The summed E-state index contributed by atoms with van der Waals surface area (Å²) in [6, 6.07) is 10.7. The number of nitrogens with one attached hydrogen (secondary N) is 1. The van der Waals surface area contributed by atoms with Gasteiger partial charge in [-0.05, 0) is 37.6 Å². The van der Waals surface area contributed by atoms with Crippen molar-refractivity contribution in [2.75, 3.05) is 5.73 Å². The highest BCUT2D eigenvalue weighted by Gasteiger charge is 2.18. The molecule has 1 unspecified atom stereocenters. The van der Waals surface area contributed by atoms with Gasteiger partial charge >= 0.3 is 0 Å². The Kier molecular flexibility index (Phi) is 4.47. The summed E-state index contributed by atoms with van der Waals surface area (Å²) >= 11 is 1.59. The zero-order valence-electron chi connectivity index (χ0n) is 11.5. The lowest BCUT2D eigenvalue weighted by Gasteiger charge is -2.13. The molecule has 0 saturated carbocycles. The summed E-state index contributed by atoms with van der Waals surface area (Å²) < 4.78 is 27.0. The Bertz CT molecular complexity index is 693. The van der Waals surface area contributed by atoms with Crippen molar-refractivity contribution < 1.29 is 8.42 Å². The van der Waals surface area contributed by atoms with E-state index in [-0.39, 0.29) is 11.8 Å². The van der Waals surface area contributed by atoms with Gasteiger partial charge in [-0.3, -0.25) is 0 Å². The van der Waals surface area contributed by atoms with E-state index in [1.807, 2.05) is 26.0 Å². The van der Waals surface area contributed by atoms with Crippen molar-refractivity contribution in [3.05, 3.63) is 51.7 Å². The van der Waals surface area contributed by atoms with E-state index in [4.69, 9.17) is 5.73 Å². The molecule has 0 aliphatic rings. The van der Waals surface area contributed by atoms with Crippen molar-refractivity contribution in [3.63, 3.8) is 0 Å². The van der Waals surface area contributed by atoms with Crippen LogP contribution in [0.25, 0.3) is 0 Å². The van der Waals surface area contributed by atoms with Gasteiger partial charge in [0.25, 0.3) is 0 Å². The molecule has 0 spiro atoms. The summed E-state index contributed by atoms with van der Waals surface area (Å²) in [6.07, 6.45) is 0. The zero-order chi connectivity index (χ0) is 14.8. The summed E-state index contributed by atoms with van der Waals surface area (Å²) in [5, 5.41) is 0. The van der Waals surface area contributed by atoms with Crippen molar-refractivity contribution in [2.45, 2.75) is 25.6 Å². The Balaban J connectivity index is 2.10. The molecule has 1 atom stereocenters. The lowest BCUT2D eigenvalue weighted by Crippen LogP contribution is -2.27. The van der Waals surface area contributed by atoms with Crippen molar-refractivity contribution >= 4 is 27.0 Å². The molecule has 108 valence electrons. The number of nitrogen functional groups attached to an aromatic ring is 1. The molecule has 1 heterocycles. The van der Waals surface area contributed by atoms with Crippen LogP contribution in [-0.2, 0) is 15.8 Å². The summed E-state index contributed by atoms with van der Waals surface area (Å²) in [4.78, 5) is 2.17. The Morgan fingerprint density at radius 1 is 1.25 bits per heavy atom. The van der Waals surface area contributed by atoms with Crippen molar-refractivity contribution in [3.8, 4) is 0 Å². The van der Waals surface area contributed by atoms with E-state index in [1.165, 1.54) is 4.88 Å². The molecule has 3 N–H and O–H groups in total. The van der Waals surface area contributed by atoms with Gasteiger partial charge in [0.05, 0.1) is 11.8 Å². The first-order valence-corrected chi connectivity index (χ1v) is 8.74. The van der Waals surface area contributed by atoms with E-state index >= 15 is 0 Å². The maximum Gasteiger partial charge on any atom is 0.216 e. The van der Waals surface area contributed by atoms with Crippen LogP contribution in [0.5, 0.6) is 0 Å². The number of hydrogen-bond acceptors (Lipinski definition) is 4.